The second-order valence-corrected chi connectivity index (χ2v) is 4.00. The summed E-state index contributed by atoms with van der Waals surface area (Å²) < 4.78 is 0. The van der Waals surface area contributed by atoms with Crippen molar-refractivity contribution in [3.63, 3.8) is 0 Å². The molecule has 0 unspecified atom stereocenters. The Morgan fingerprint density at radius 3 is 2.21 bits per heavy atom. The molecule has 2 saturated carbocycles. The van der Waals surface area contributed by atoms with Crippen molar-refractivity contribution in [2.75, 3.05) is 0 Å². The molecule has 5 heteroatoms. The van der Waals surface area contributed by atoms with Crippen LogP contribution in [0.4, 0.5) is 0 Å². The lowest BCUT2D eigenvalue weighted by Crippen LogP contribution is -2.38. The third-order valence-electron chi connectivity index (χ3n) is 3.33. The van der Waals surface area contributed by atoms with Gasteiger partial charge in [-0.25, -0.2) is 0 Å². The molecule has 0 spiro atoms. The number of hydrogen-bond donors (Lipinski definition) is 2. The van der Waals surface area contributed by atoms with Crippen molar-refractivity contribution in [3.05, 3.63) is 0 Å². The van der Waals surface area contributed by atoms with Gasteiger partial charge in [0.15, 0.2) is 0 Å². The summed E-state index contributed by atoms with van der Waals surface area (Å²) in [6, 6.07) is 0. The summed E-state index contributed by atoms with van der Waals surface area (Å²) in [7, 11) is 0. The molecule has 2 N–H and O–H groups in total. The van der Waals surface area contributed by atoms with E-state index in [0.717, 1.165) is 0 Å². The van der Waals surface area contributed by atoms with E-state index in [1.165, 1.54) is 0 Å². The Balaban J connectivity index is 2.32. The Hall–Kier alpha value is -1.39. The largest absolute Gasteiger partial charge is 0.481 e. The van der Waals surface area contributed by atoms with Crippen molar-refractivity contribution in [1.82, 2.24) is 0 Å². The Kier molecular flexibility index (Phi) is 1.83. The van der Waals surface area contributed by atoms with Crippen LogP contribution in [0.25, 0.3) is 0 Å². The second kappa shape index (κ2) is 2.80. The molecule has 2 bridgehead atoms. The minimum Gasteiger partial charge on any atom is -0.481 e. The number of carbonyl (C=O) groups excluding carboxylic acids is 1. The van der Waals surface area contributed by atoms with E-state index < -0.39 is 29.7 Å². The van der Waals surface area contributed by atoms with Crippen LogP contribution in [0, 0.1) is 23.7 Å². The van der Waals surface area contributed by atoms with Crippen LogP contribution < -0.4 is 0 Å². The van der Waals surface area contributed by atoms with Crippen LogP contribution in [0.2, 0.25) is 0 Å². The Morgan fingerprint density at radius 1 is 1.14 bits per heavy atom. The van der Waals surface area contributed by atoms with Crippen molar-refractivity contribution >= 4 is 17.7 Å². The molecule has 14 heavy (non-hydrogen) atoms. The number of fused-ring (bicyclic) bond motifs is 2. The fraction of sp³-hybridized carbons (Fsp3) is 0.667. The summed E-state index contributed by atoms with van der Waals surface area (Å²) in [6.07, 6.45) is 0.679. The second-order valence-electron chi connectivity index (χ2n) is 4.00. The van der Waals surface area contributed by atoms with E-state index in [1.54, 1.807) is 0 Å². The zero-order chi connectivity index (χ0) is 10.5. The van der Waals surface area contributed by atoms with E-state index in [4.69, 9.17) is 10.2 Å². The molecule has 0 aliphatic heterocycles. The van der Waals surface area contributed by atoms with E-state index in [2.05, 4.69) is 0 Å². The van der Waals surface area contributed by atoms with Gasteiger partial charge in [0.05, 0.1) is 11.8 Å². The van der Waals surface area contributed by atoms with E-state index >= 15 is 0 Å². The number of hydrogen-bond acceptors (Lipinski definition) is 3. The third kappa shape index (κ3) is 1.05. The van der Waals surface area contributed by atoms with Gasteiger partial charge in [0.2, 0.25) is 0 Å². The normalized spacial score (nSPS) is 40.1. The summed E-state index contributed by atoms with van der Waals surface area (Å²) >= 11 is 0. The lowest BCUT2D eigenvalue weighted by Gasteiger charge is -2.23. The summed E-state index contributed by atoms with van der Waals surface area (Å²) in [5.41, 5.74) is 0. The number of ketones is 1. The van der Waals surface area contributed by atoms with Crippen LogP contribution in [-0.2, 0) is 14.4 Å². The van der Waals surface area contributed by atoms with Gasteiger partial charge in [-0.3, -0.25) is 14.4 Å². The zero-order valence-electron chi connectivity index (χ0n) is 7.34. The van der Waals surface area contributed by atoms with Crippen molar-refractivity contribution in [1.29, 1.82) is 0 Å². The van der Waals surface area contributed by atoms with Gasteiger partial charge in [0, 0.05) is 12.3 Å². The molecule has 0 heterocycles. The Morgan fingerprint density at radius 2 is 1.71 bits per heavy atom. The highest BCUT2D eigenvalue weighted by molar-refractivity contribution is 5.94. The van der Waals surface area contributed by atoms with Crippen LogP contribution >= 0.6 is 0 Å². The van der Waals surface area contributed by atoms with E-state index in [1.807, 2.05) is 0 Å². The maximum absolute atomic E-state index is 11.3. The Bertz CT molecular complexity index is 321. The number of carboxylic acids is 2. The number of rotatable bonds is 2. The maximum Gasteiger partial charge on any atom is 0.308 e. The molecule has 2 aliphatic carbocycles. The van der Waals surface area contributed by atoms with Gasteiger partial charge in [0.25, 0.3) is 0 Å². The van der Waals surface area contributed by atoms with E-state index in [0.29, 0.717) is 6.42 Å². The molecule has 2 aliphatic rings. The maximum atomic E-state index is 11.3. The van der Waals surface area contributed by atoms with Gasteiger partial charge in [0.1, 0.15) is 5.78 Å². The number of carboxylic acid groups (broad SMARTS) is 2. The van der Waals surface area contributed by atoms with E-state index in [-0.39, 0.29) is 18.1 Å². The summed E-state index contributed by atoms with van der Waals surface area (Å²) in [5, 5.41) is 17.7. The molecule has 0 radical (unpaired) electrons. The number of Topliss-reactive ketones (excluding diaryl/α,β-unsaturated/α-hetero) is 1. The van der Waals surface area contributed by atoms with Gasteiger partial charge in [-0.1, -0.05) is 0 Å². The van der Waals surface area contributed by atoms with Crippen molar-refractivity contribution in [2.24, 2.45) is 23.7 Å². The molecule has 0 aromatic rings. The summed E-state index contributed by atoms with van der Waals surface area (Å²) in [6.45, 7) is 0. The fourth-order valence-electron chi connectivity index (χ4n) is 2.80. The first-order chi connectivity index (χ1) is 6.52. The highest BCUT2D eigenvalue weighted by Gasteiger charge is 2.58. The predicted octanol–water partition coefficient (Wildman–Crippen LogP) is -0.00310. The lowest BCUT2D eigenvalue weighted by atomic mass is 9.79. The van der Waals surface area contributed by atoms with Crippen LogP contribution in [0.3, 0.4) is 0 Å². The van der Waals surface area contributed by atoms with Crippen molar-refractivity contribution in [3.8, 4) is 0 Å². The fourth-order valence-corrected chi connectivity index (χ4v) is 2.80. The molecule has 2 fully saturated rings. The standard InChI is InChI=1S/C9H10O5/c10-5-2-3-1-4(5)7(9(13)14)6(3)8(11)12/h3-4,6-7H,1-2H2,(H,11,12)(H,13,14)/t3-,4-,6-,7-/m1/s1. The molecule has 0 saturated heterocycles. The predicted molar refractivity (Wildman–Crippen MR) is 43.5 cm³/mol. The van der Waals surface area contributed by atoms with Gasteiger partial charge >= 0.3 is 11.9 Å². The first kappa shape index (κ1) is 9.18. The van der Waals surface area contributed by atoms with Gasteiger partial charge in [-0.05, 0) is 12.3 Å². The Labute approximate surface area is 79.7 Å². The highest BCUT2D eigenvalue weighted by atomic mass is 16.4. The summed E-state index contributed by atoms with van der Waals surface area (Å²) in [4.78, 5) is 32.9. The number of aliphatic carboxylic acids is 2. The highest BCUT2D eigenvalue weighted by Crippen LogP contribution is 2.50. The molecule has 0 aromatic heterocycles. The lowest BCUT2D eigenvalue weighted by molar-refractivity contribution is -0.158. The van der Waals surface area contributed by atoms with Gasteiger partial charge in [-0.2, -0.15) is 0 Å². The van der Waals surface area contributed by atoms with Gasteiger partial charge in [-0.15, -0.1) is 0 Å². The molecule has 2 rings (SSSR count). The quantitative estimate of drug-likeness (QED) is 0.651. The minimum atomic E-state index is -1.15. The zero-order valence-corrected chi connectivity index (χ0v) is 7.34. The average Bonchev–Trinajstić information content (AvgIpc) is 2.58. The van der Waals surface area contributed by atoms with Crippen molar-refractivity contribution < 1.29 is 24.6 Å². The van der Waals surface area contributed by atoms with Crippen LogP contribution in [-0.4, -0.2) is 27.9 Å². The summed E-state index contributed by atoms with van der Waals surface area (Å²) in [5.74, 6) is -5.01. The molecular weight excluding hydrogens is 188 g/mol. The van der Waals surface area contributed by atoms with Crippen LogP contribution in [0.1, 0.15) is 12.8 Å². The van der Waals surface area contributed by atoms with Crippen LogP contribution in [0.15, 0.2) is 0 Å². The SMILES string of the molecule is O=C(O)[C@@H]1[C@H]2CC(=O)[C@@H](C2)[C@H]1C(=O)O. The molecule has 5 nitrogen and oxygen atoms in total. The smallest absolute Gasteiger partial charge is 0.308 e. The van der Waals surface area contributed by atoms with Gasteiger partial charge < -0.3 is 10.2 Å². The van der Waals surface area contributed by atoms with Crippen LogP contribution in [0.5, 0.6) is 0 Å². The minimum absolute atomic E-state index is 0.0834. The molecule has 4 atom stereocenters. The third-order valence-corrected chi connectivity index (χ3v) is 3.33. The van der Waals surface area contributed by atoms with E-state index in [9.17, 15) is 14.4 Å². The molecular formula is C9H10O5. The molecule has 0 amide bonds. The molecule has 0 aromatic carbocycles. The van der Waals surface area contributed by atoms with Crippen molar-refractivity contribution in [2.45, 2.75) is 12.8 Å². The average molecular weight is 198 g/mol. The molecule has 76 valence electrons. The monoisotopic (exact) mass is 198 g/mol. The first-order valence-corrected chi connectivity index (χ1v) is 4.50. The number of carbonyl (C=O) groups is 3. The first-order valence-electron chi connectivity index (χ1n) is 4.50. The topological polar surface area (TPSA) is 91.7 Å².